The van der Waals surface area contributed by atoms with E-state index in [0.29, 0.717) is 0 Å². The number of carboxylic acids is 2. The molecule has 4 atom stereocenters. The number of nitrogens with two attached hydrogens (primary N) is 1. The quantitative estimate of drug-likeness (QED) is 0.141. The smallest absolute Gasteiger partial charge is 0.327 e. The monoisotopic (exact) mass is 436 g/mol. The molecular formula is C16H28N4O8S. The second kappa shape index (κ2) is 13.0. The Labute approximate surface area is 173 Å². The molecule has 0 fully saturated rings. The fourth-order valence-electron chi connectivity index (χ4n) is 2.18. The first-order chi connectivity index (χ1) is 13.4. The highest BCUT2D eigenvalue weighted by Crippen LogP contribution is 2.07. The van der Waals surface area contributed by atoms with Gasteiger partial charge < -0.3 is 37.0 Å². The van der Waals surface area contributed by atoms with Crippen LogP contribution in [-0.2, 0) is 24.0 Å². The molecule has 0 aromatic carbocycles. The fourth-order valence-corrected chi connectivity index (χ4v) is 2.43. The van der Waals surface area contributed by atoms with Crippen LogP contribution in [0.1, 0.15) is 26.7 Å². The lowest BCUT2D eigenvalue weighted by Crippen LogP contribution is -2.58. The van der Waals surface area contributed by atoms with E-state index in [0.717, 1.165) is 0 Å². The highest BCUT2D eigenvalue weighted by molar-refractivity contribution is 7.80. The summed E-state index contributed by atoms with van der Waals surface area (Å²) in [5.41, 5.74) is 5.34. The van der Waals surface area contributed by atoms with Crippen LogP contribution in [0.25, 0.3) is 0 Å². The van der Waals surface area contributed by atoms with Crippen LogP contribution in [-0.4, -0.2) is 81.5 Å². The maximum Gasteiger partial charge on any atom is 0.327 e. The molecule has 0 bridgehead atoms. The average molecular weight is 436 g/mol. The van der Waals surface area contributed by atoms with Crippen LogP contribution in [0, 0.1) is 5.92 Å². The van der Waals surface area contributed by atoms with Gasteiger partial charge in [0.1, 0.15) is 24.2 Å². The number of aliphatic carboxylic acids is 2. The van der Waals surface area contributed by atoms with Gasteiger partial charge in [-0.2, -0.15) is 12.6 Å². The second-order valence-electron chi connectivity index (χ2n) is 6.72. The summed E-state index contributed by atoms with van der Waals surface area (Å²) < 4.78 is 0. The van der Waals surface area contributed by atoms with E-state index in [1.54, 1.807) is 13.8 Å². The molecule has 3 amide bonds. The Morgan fingerprint density at radius 2 is 1.38 bits per heavy atom. The van der Waals surface area contributed by atoms with Crippen LogP contribution in [0.15, 0.2) is 0 Å². The number of carbonyl (C=O) groups excluding carboxylic acids is 3. The van der Waals surface area contributed by atoms with Crippen LogP contribution in [0.4, 0.5) is 0 Å². The van der Waals surface area contributed by atoms with Crippen molar-refractivity contribution < 1.29 is 39.3 Å². The number of hydrogen-bond donors (Lipinski definition) is 8. The minimum Gasteiger partial charge on any atom is -0.481 e. The molecule has 0 aliphatic carbocycles. The van der Waals surface area contributed by atoms with Crippen LogP contribution in [0.2, 0.25) is 0 Å². The van der Waals surface area contributed by atoms with Crippen LogP contribution in [0.3, 0.4) is 0 Å². The summed E-state index contributed by atoms with van der Waals surface area (Å²) >= 11 is 3.85. The standard InChI is InChI=1S/C16H28N4O8S/c1-7(2)3-9(14(25)20-11(6-29)16(27)28)19-15(26)10(4-12(22)23)18-13(24)8(17)5-21/h7-11,21,29H,3-6,17H2,1-2H3,(H,18,24)(H,19,26)(H,20,25)(H,22,23)(H,27,28). The zero-order valence-electron chi connectivity index (χ0n) is 16.1. The maximum absolute atomic E-state index is 12.5. The third-order valence-electron chi connectivity index (χ3n) is 3.68. The summed E-state index contributed by atoms with van der Waals surface area (Å²) in [5.74, 6) is -5.67. The van der Waals surface area contributed by atoms with Gasteiger partial charge in [-0.15, -0.1) is 0 Å². The first-order valence-corrected chi connectivity index (χ1v) is 9.39. The zero-order valence-corrected chi connectivity index (χ0v) is 17.0. The maximum atomic E-state index is 12.5. The van der Waals surface area contributed by atoms with Gasteiger partial charge in [-0.3, -0.25) is 19.2 Å². The molecule has 4 unspecified atom stereocenters. The molecule has 166 valence electrons. The highest BCUT2D eigenvalue weighted by Gasteiger charge is 2.31. The van der Waals surface area contributed by atoms with E-state index < -0.39 is 66.9 Å². The summed E-state index contributed by atoms with van der Waals surface area (Å²) in [6.45, 7) is 2.80. The molecule has 0 aromatic rings. The largest absolute Gasteiger partial charge is 0.481 e. The number of nitrogens with one attached hydrogen (secondary N) is 3. The van der Waals surface area contributed by atoms with Crippen molar-refractivity contribution in [3.63, 3.8) is 0 Å². The topological polar surface area (TPSA) is 208 Å². The van der Waals surface area contributed by atoms with E-state index in [4.69, 9.17) is 21.1 Å². The summed E-state index contributed by atoms with van der Waals surface area (Å²) in [5, 5.41) is 33.6. The molecule has 0 aromatic heterocycles. The lowest BCUT2D eigenvalue weighted by Gasteiger charge is -2.25. The van der Waals surface area contributed by atoms with E-state index in [1.165, 1.54) is 0 Å². The molecule has 0 saturated heterocycles. The first-order valence-electron chi connectivity index (χ1n) is 8.75. The van der Waals surface area contributed by atoms with E-state index in [1.807, 2.05) is 0 Å². The van der Waals surface area contributed by atoms with Crippen LogP contribution >= 0.6 is 12.6 Å². The van der Waals surface area contributed by atoms with Crippen LogP contribution in [0.5, 0.6) is 0 Å². The van der Waals surface area contributed by atoms with Crippen molar-refractivity contribution in [3.05, 3.63) is 0 Å². The zero-order chi connectivity index (χ0) is 22.7. The summed E-state index contributed by atoms with van der Waals surface area (Å²) in [7, 11) is 0. The number of rotatable bonds is 13. The molecule has 0 heterocycles. The summed E-state index contributed by atoms with van der Waals surface area (Å²) in [6, 6.07) is -5.38. The molecule has 29 heavy (non-hydrogen) atoms. The minimum absolute atomic E-state index is 0.0827. The molecule has 0 radical (unpaired) electrons. The van der Waals surface area contributed by atoms with Gasteiger partial charge in [0.05, 0.1) is 13.0 Å². The van der Waals surface area contributed by atoms with Gasteiger partial charge in [-0.25, -0.2) is 4.79 Å². The van der Waals surface area contributed by atoms with Gasteiger partial charge in [0.15, 0.2) is 0 Å². The number of hydrogen-bond acceptors (Lipinski definition) is 8. The first kappa shape index (κ1) is 26.6. The Morgan fingerprint density at radius 1 is 0.897 bits per heavy atom. The van der Waals surface area contributed by atoms with Gasteiger partial charge >= 0.3 is 11.9 Å². The average Bonchev–Trinajstić information content (AvgIpc) is 2.62. The third-order valence-corrected chi connectivity index (χ3v) is 4.05. The second-order valence-corrected chi connectivity index (χ2v) is 7.09. The SMILES string of the molecule is CC(C)CC(NC(=O)C(CC(=O)O)NC(=O)C(N)CO)C(=O)NC(CS)C(=O)O. The number of amides is 3. The predicted molar refractivity (Wildman–Crippen MR) is 104 cm³/mol. The van der Waals surface area contributed by atoms with Crippen LogP contribution < -0.4 is 21.7 Å². The third kappa shape index (κ3) is 10.1. The summed E-state index contributed by atoms with van der Waals surface area (Å²) in [4.78, 5) is 58.8. The summed E-state index contributed by atoms with van der Waals surface area (Å²) in [6.07, 6.45) is -0.666. The molecule has 8 N–H and O–H groups in total. The molecule has 0 aliphatic heterocycles. The van der Waals surface area contributed by atoms with Gasteiger partial charge in [0, 0.05) is 5.75 Å². The molecule has 0 saturated carbocycles. The van der Waals surface area contributed by atoms with Crippen molar-refractivity contribution in [2.45, 2.75) is 50.9 Å². The van der Waals surface area contributed by atoms with Gasteiger partial charge in [0.25, 0.3) is 0 Å². The van der Waals surface area contributed by atoms with Crippen molar-refractivity contribution in [1.82, 2.24) is 16.0 Å². The molecule has 0 rings (SSSR count). The molecule has 13 heteroatoms. The highest BCUT2D eigenvalue weighted by atomic mass is 32.1. The number of aliphatic hydroxyl groups excluding tert-OH is 1. The molecule has 12 nitrogen and oxygen atoms in total. The van der Waals surface area contributed by atoms with Crippen molar-refractivity contribution in [3.8, 4) is 0 Å². The Bertz CT molecular complexity index is 616. The number of aliphatic hydroxyl groups is 1. The molecule has 0 spiro atoms. The van der Waals surface area contributed by atoms with Gasteiger partial charge in [0.2, 0.25) is 17.7 Å². The number of thiol groups is 1. The normalized spacial score (nSPS) is 15.0. The number of carboxylic acid groups (broad SMARTS) is 2. The van der Waals surface area contributed by atoms with Gasteiger partial charge in [-0.1, -0.05) is 13.8 Å². The fraction of sp³-hybridized carbons (Fsp3) is 0.688. The lowest BCUT2D eigenvalue weighted by molar-refractivity contribution is -0.143. The van der Waals surface area contributed by atoms with E-state index in [9.17, 15) is 24.0 Å². The van der Waals surface area contributed by atoms with E-state index >= 15 is 0 Å². The predicted octanol–water partition coefficient (Wildman–Crippen LogP) is -2.70. The Hall–Kier alpha value is -2.38. The lowest BCUT2D eigenvalue weighted by atomic mass is 10.0. The van der Waals surface area contributed by atoms with E-state index in [2.05, 4.69) is 28.6 Å². The number of carbonyl (C=O) groups is 5. The Morgan fingerprint density at radius 3 is 1.79 bits per heavy atom. The molecular weight excluding hydrogens is 408 g/mol. The van der Waals surface area contributed by atoms with Crippen molar-refractivity contribution in [2.24, 2.45) is 11.7 Å². The molecule has 0 aliphatic rings. The van der Waals surface area contributed by atoms with Crippen molar-refractivity contribution >= 4 is 42.3 Å². The minimum atomic E-state index is -1.56. The Balaban J connectivity index is 5.39. The van der Waals surface area contributed by atoms with Gasteiger partial charge in [-0.05, 0) is 12.3 Å². The van der Waals surface area contributed by atoms with E-state index in [-0.39, 0.29) is 18.1 Å². The Kier molecular flexibility index (Phi) is 11.9. The van der Waals surface area contributed by atoms with Crippen molar-refractivity contribution in [2.75, 3.05) is 12.4 Å². The van der Waals surface area contributed by atoms with Crippen molar-refractivity contribution in [1.29, 1.82) is 0 Å².